The number of carbonyl (C=O) groups is 2. The Bertz CT molecular complexity index is 954. The molecule has 1 amide bonds. The molecule has 2 aliphatic rings. The number of halogens is 1. The van der Waals surface area contributed by atoms with Crippen molar-refractivity contribution in [1.29, 1.82) is 0 Å². The Morgan fingerprint density at radius 2 is 2.07 bits per heavy atom. The summed E-state index contributed by atoms with van der Waals surface area (Å²) in [5.41, 5.74) is 2.38. The Morgan fingerprint density at radius 1 is 1.32 bits per heavy atom. The summed E-state index contributed by atoms with van der Waals surface area (Å²) in [6, 6.07) is 3.50. The molecule has 0 unspecified atom stereocenters. The molecule has 1 N–H and O–H groups in total. The Balaban J connectivity index is 1.85. The number of carbonyl (C=O) groups excluding carboxylic acids is 2. The second kappa shape index (κ2) is 6.85. The van der Waals surface area contributed by atoms with Crippen molar-refractivity contribution in [2.75, 3.05) is 21.8 Å². The lowest BCUT2D eigenvalue weighted by atomic mass is 9.81. The zero-order chi connectivity index (χ0) is 20.0. The number of rotatable bonds is 4. The lowest BCUT2D eigenvalue weighted by Crippen LogP contribution is -2.37. The van der Waals surface area contributed by atoms with Gasteiger partial charge in [-0.1, -0.05) is 0 Å². The van der Waals surface area contributed by atoms with Gasteiger partial charge in [0, 0.05) is 37.9 Å². The smallest absolute Gasteiger partial charge is 0.225 e. The predicted molar refractivity (Wildman–Crippen MR) is 104 cm³/mol. The fourth-order valence-corrected chi connectivity index (χ4v) is 3.48. The van der Waals surface area contributed by atoms with Crippen molar-refractivity contribution in [3.8, 4) is 0 Å². The highest BCUT2D eigenvalue weighted by molar-refractivity contribution is 6.02. The first-order valence-electron chi connectivity index (χ1n) is 9.18. The van der Waals surface area contributed by atoms with Crippen LogP contribution in [0.25, 0.3) is 0 Å². The fraction of sp³-hybridized carbons (Fsp3) is 0.350. The topological polar surface area (TPSA) is 78.4 Å². The average molecular weight is 382 g/mol. The molecule has 1 fully saturated rings. The van der Waals surface area contributed by atoms with E-state index in [4.69, 9.17) is 4.98 Å². The maximum atomic E-state index is 14.2. The van der Waals surface area contributed by atoms with Gasteiger partial charge in [0.25, 0.3) is 0 Å². The largest absolute Gasteiger partial charge is 0.346 e. The van der Waals surface area contributed by atoms with Crippen molar-refractivity contribution >= 4 is 34.6 Å². The first-order chi connectivity index (χ1) is 13.3. The molecule has 1 saturated carbocycles. The average Bonchev–Trinajstić information content (AvgIpc) is 3.01. The second-order valence-corrected chi connectivity index (χ2v) is 7.35. The number of nitrogens with zero attached hydrogens (tertiary/aromatic N) is 4. The van der Waals surface area contributed by atoms with Crippen LogP contribution < -0.4 is 15.1 Å². The van der Waals surface area contributed by atoms with Gasteiger partial charge >= 0.3 is 0 Å². The summed E-state index contributed by atoms with van der Waals surface area (Å²) in [7, 11) is 0. The molecular formula is C20H21FN5O2. The number of nitrogens with one attached hydrogen (secondary N) is 1. The normalized spacial score (nSPS) is 16.4. The zero-order valence-corrected chi connectivity index (χ0v) is 16.0. The summed E-state index contributed by atoms with van der Waals surface area (Å²) < 4.78 is 14.2. The number of hydrogen-bond acceptors (Lipinski definition) is 6. The molecule has 28 heavy (non-hydrogen) atoms. The van der Waals surface area contributed by atoms with Gasteiger partial charge in [0.05, 0.1) is 29.9 Å². The van der Waals surface area contributed by atoms with Crippen molar-refractivity contribution in [2.45, 2.75) is 39.7 Å². The molecular weight excluding hydrogens is 361 g/mol. The Morgan fingerprint density at radius 3 is 2.68 bits per heavy atom. The van der Waals surface area contributed by atoms with Crippen molar-refractivity contribution in [3.05, 3.63) is 42.0 Å². The summed E-state index contributed by atoms with van der Waals surface area (Å²) in [6.45, 7) is 5.97. The van der Waals surface area contributed by atoms with E-state index in [0.29, 0.717) is 31.0 Å². The van der Waals surface area contributed by atoms with Crippen LogP contribution in [0.3, 0.4) is 0 Å². The van der Waals surface area contributed by atoms with Crippen LogP contribution in [0.5, 0.6) is 0 Å². The van der Waals surface area contributed by atoms with Crippen molar-refractivity contribution < 1.29 is 14.0 Å². The van der Waals surface area contributed by atoms with Crippen LogP contribution in [0.2, 0.25) is 0 Å². The van der Waals surface area contributed by atoms with E-state index in [9.17, 15) is 14.0 Å². The number of hydrogen-bond donors (Lipinski definition) is 1. The number of fused-ring (bicyclic) bond motifs is 1. The number of amides is 1. The number of pyridine rings is 2. The first-order valence-corrected chi connectivity index (χ1v) is 9.18. The summed E-state index contributed by atoms with van der Waals surface area (Å²) >= 11 is 0. The van der Waals surface area contributed by atoms with Crippen LogP contribution in [0.4, 0.5) is 27.3 Å². The third kappa shape index (κ3) is 3.08. The molecule has 0 bridgehead atoms. The fourth-order valence-electron chi connectivity index (χ4n) is 3.48. The van der Waals surface area contributed by atoms with Gasteiger partial charge < -0.3 is 10.2 Å². The predicted octanol–water partition coefficient (Wildman–Crippen LogP) is 3.18. The van der Waals surface area contributed by atoms with Gasteiger partial charge in [-0.3, -0.25) is 19.5 Å². The van der Waals surface area contributed by atoms with E-state index in [2.05, 4.69) is 10.3 Å². The summed E-state index contributed by atoms with van der Waals surface area (Å²) in [5.74, 6) is 0.975. The molecule has 2 aromatic rings. The first kappa shape index (κ1) is 18.3. The molecule has 1 radical (unpaired) electrons. The third-order valence-corrected chi connectivity index (χ3v) is 5.06. The summed E-state index contributed by atoms with van der Waals surface area (Å²) in [6.07, 6.45) is 3.36. The van der Waals surface area contributed by atoms with E-state index in [0.717, 1.165) is 23.5 Å². The maximum absolute atomic E-state index is 14.2. The molecule has 8 heteroatoms. The van der Waals surface area contributed by atoms with E-state index in [-0.39, 0.29) is 23.4 Å². The van der Waals surface area contributed by atoms with Gasteiger partial charge in [0.1, 0.15) is 11.5 Å². The molecule has 1 aliphatic carbocycles. The van der Waals surface area contributed by atoms with Gasteiger partial charge in [-0.25, -0.2) is 9.37 Å². The SMILES string of the molecule is CC(=O)N1CN(C(C)C)c2c1cc([C]1CC(=O)C1)nc2Nc1ccncc1F. The van der Waals surface area contributed by atoms with Gasteiger partial charge in [-0.15, -0.1) is 0 Å². The van der Waals surface area contributed by atoms with Crippen LogP contribution in [0, 0.1) is 11.7 Å². The number of ketones is 1. The molecule has 0 saturated heterocycles. The molecule has 1 aliphatic heterocycles. The second-order valence-electron chi connectivity index (χ2n) is 7.35. The lowest BCUT2D eigenvalue weighted by molar-refractivity contribution is -0.121. The standard InChI is InChI=1S/C20H21FN5O2/c1-11(2)25-10-26(12(3)27)18-8-17(13-6-14(28)7-13)24-20(19(18)25)23-16-4-5-22-9-15(16)21/h4-5,8-9,11H,6-7,10H2,1-3H3,(H,22,23,24). The van der Waals surface area contributed by atoms with Crippen LogP contribution in [-0.4, -0.2) is 34.4 Å². The van der Waals surface area contributed by atoms with Crippen LogP contribution >= 0.6 is 0 Å². The lowest BCUT2D eigenvalue weighted by Gasteiger charge is -2.27. The maximum Gasteiger partial charge on any atom is 0.225 e. The Kier molecular flexibility index (Phi) is 4.49. The van der Waals surface area contributed by atoms with Gasteiger partial charge in [-0.05, 0) is 26.0 Å². The van der Waals surface area contributed by atoms with E-state index in [1.807, 2.05) is 24.8 Å². The van der Waals surface area contributed by atoms with E-state index >= 15 is 0 Å². The van der Waals surface area contributed by atoms with E-state index in [1.165, 1.54) is 19.2 Å². The molecule has 3 heterocycles. The van der Waals surface area contributed by atoms with Crippen LogP contribution in [0.1, 0.15) is 39.3 Å². The highest BCUT2D eigenvalue weighted by Crippen LogP contribution is 2.46. The molecule has 0 aromatic carbocycles. The number of Topliss-reactive ketones (excluding diaryl/α,β-unsaturated/α-hetero) is 1. The molecule has 7 nitrogen and oxygen atoms in total. The number of anilines is 4. The zero-order valence-electron chi connectivity index (χ0n) is 16.0. The summed E-state index contributed by atoms with van der Waals surface area (Å²) in [4.78, 5) is 35.9. The molecule has 0 atom stereocenters. The summed E-state index contributed by atoms with van der Waals surface area (Å²) in [5, 5.41) is 3.07. The van der Waals surface area contributed by atoms with Crippen molar-refractivity contribution in [1.82, 2.24) is 9.97 Å². The molecule has 4 rings (SSSR count). The van der Waals surface area contributed by atoms with Gasteiger partial charge in [0.15, 0.2) is 11.6 Å². The molecule has 145 valence electrons. The molecule has 0 spiro atoms. The van der Waals surface area contributed by atoms with Crippen molar-refractivity contribution in [3.63, 3.8) is 0 Å². The third-order valence-electron chi connectivity index (χ3n) is 5.06. The number of aromatic nitrogens is 2. The van der Waals surface area contributed by atoms with Gasteiger partial charge in [-0.2, -0.15) is 0 Å². The van der Waals surface area contributed by atoms with E-state index < -0.39 is 5.82 Å². The Labute approximate surface area is 162 Å². The van der Waals surface area contributed by atoms with Crippen LogP contribution in [0.15, 0.2) is 24.5 Å². The minimum absolute atomic E-state index is 0.0859. The van der Waals surface area contributed by atoms with Crippen molar-refractivity contribution in [2.24, 2.45) is 0 Å². The van der Waals surface area contributed by atoms with E-state index in [1.54, 1.807) is 4.90 Å². The van der Waals surface area contributed by atoms with Crippen LogP contribution in [-0.2, 0) is 9.59 Å². The minimum Gasteiger partial charge on any atom is -0.346 e. The minimum atomic E-state index is -0.493. The Hall–Kier alpha value is -3.03. The van der Waals surface area contributed by atoms with Gasteiger partial charge in [0.2, 0.25) is 5.91 Å². The highest BCUT2D eigenvalue weighted by atomic mass is 19.1. The highest BCUT2D eigenvalue weighted by Gasteiger charge is 2.37. The monoisotopic (exact) mass is 382 g/mol. The quantitative estimate of drug-likeness (QED) is 0.875. The molecule has 2 aromatic heterocycles.